The van der Waals surface area contributed by atoms with Crippen LogP contribution in [0.15, 0.2) is 42.5 Å². The van der Waals surface area contributed by atoms with Crippen molar-refractivity contribution < 1.29 is 13.2 Å². The SMILES string of the molecule is CC[C@@H](NC(=O)c1cccc(N2CCCCS2(=O)=O)c1)c1ccc(C)cc1C. The fourth-order valence-electron chi connectivity index (χ4n) is 3.74. The van der Waals surface area contributed by atoms with E-state index in [1.165, 1.54) is 9.87 Å². The number of nitrogens with zero attached hydrogens (tertiary/aromatic N) is 1. The third-order valence-corrected chi connectivity index (χ3v) is 7.13. The largest absolute Gasteiger partial charge is 0.345 e. The zero-order valence-corrected chi connectivity index (χ0v) is 17.6. The van der Waals surface area contributed by atoms with Crippen LogP contribution in [0.5, 0.6) is 0 Å². The molecule has 0 spiro atoms. The van der Waals surface area contributed by atoms with Crippen molar-refractivity contribution in [2.24, 2.45) is 0 Å². The molecule has 0 bridgehead atoms. The molecule has 1 atom stereocenters. The van der Waals surface area contributed by atoms with Crippen LogP contribution >= 0.6 is 0 Å². The van der Waals surface area contributed by atoms with Crippen LogP contribution in [0.1, 0.15) is 59.3 Å². The minimum atomic E-state index is -3.30. The molecule has 1 saturated heterocycles. The van der Waals surface area contributed by atoms with Crippen LogP contribution in [0, 0.1) is 13.8 Å². The van der Waals surface area contributed by atoms with Gasteiger partial charge in [0.25, 0.3) is 5.91 Å². The van der Waals surface area contributed by atoms with Gasteiger partial charge in [-0.1, -0.05) is 36.8 Å². The monoisotopic (exact) mass is 400 g/mol. The maximum absolute atomic E-state index is 12.9. The Balaban J connectivity index is 1.82. The summed E-state index contributed by atoms with van der Waals surface area (Å²) in [5, 5.41) is 3.10. The molecule has 0 radical (unpaired) electrons. The van der Waals surface area contributed by atoms with E-state index < -0.39 is 10.0 Å². The summed E-state index contributed by atoms with van der Waals surface area (Å²) in [6, 6.07) is 13.0. The molecule has 6 heteroatoms. The van der Waals surface area contributed by atoms with Crippen LogP contribution in [0.4, 0.5) is 5.69 Å². The summed E-state index contributed by atoms with van der Waals surface area (Å²) in [6.07, 6.45) is 2.29. The summed E-state index contributed by atoms with van der Waals surface area (Å²) in [5.74, 6) is -0.0308. The lowest BCUT2D eigenvalue weighted by molar-refractivity contribution is 0.0935. The molecule has 1 N–H and O–H groups in total. The summed E-state index contributed by atoms with van der Waals surface area (Å²) in [4.78, 5) is 12.9. The van der Waals surface area contributed by atoms with Crippen molar-refractivity contribution in [1.82, 2.24) is 5.32 Å². The lowest BCUT2D eigenvalue weighted by atomic mass is 9.97. The van der Waals surface area contributed by atoms with Crippen LogP contribution in [-0.4, -0.2) is 26.6 Å². The van der Waals surface area contributed by atoms with Gasteiger partial charge in [-0.05, 0) is 62.4 Å². The number of benzene rings is 2. The fraction of sp³-hybridized carbons (Fsp3) is 0.409. The zero-order chi connectivity index (χ0) is 20.3. The van der Waals surface area contributed by atoms with Gasteiger partial charge in [-0.2, -0.15) is 0 Å². The number of anilines is 1. The van der Waals surface area contributed by atoms with Crippen LogP contribution in [0.2, 0.25) is 0 Å². The third-order valence-electron chi connectivity index (χ3n) is 5.26. The number of rotatable bonds is 5. The molecule has 1 aliphatic heterocycles. The van der Waals surface area contributed by atoms with E-state index in [9.17, 15) is 13.2 Å². The zero-order valence-electron chi connectivity index (χ0n) is 16.7. The molecule has 0 aromatic heterocycles. The van der Waals surface area contributed by atoms with Gasteiger partial charge in [0.05, 0.1) is 17.5 Å². The molecule has 1 heterocycles. The summed E-state index contributed by atoms with van der Waals surface area (Å²) >= 11 is 0. The maximum Gasteiger partial charge on any atom is 0.251 e. The fourth-order valence-corrected chi connectivity index (χ4v) is 5.37. The van der Waals surface area contributed by atoms with E-state index in [-0.39, 0.29) is 17.7 Å². The van der Waals surface area contributed by atoms with E-state index in [4.69, 9.17) is 0 Å². The molecule has 1 fully saturated rings. The number of nitrogens with one attached hydrogen (secondary N) is 1. The van der Waals surface area contributed by atoms with E-state index in [2.05, 4.69) is 37.4 Å². The Kier molecular flexibility index (Phi) is 6.08. The number of carbonyl (C=O) groups is 1. The van der Waals surface area contributed by atoms with Crippen molar-refractivity contribution in [3.63, 3.8) is 0 Å². The second-order valence-corrected chi connectivity index (χ2v) is 9.45. The van der Waals surface area contributed by atoms with Crippen LogP contribution in [0.3, 0.4) is 0 Å². The van der Waals surface area contributed by atoms with Gasteiger partial charge in [0.2, 0.25) is 10.0 Å². The molecule has 0 unspecified atom stereocenters. The first-order chi connectivity index (χ1) is 13.3. The number of hydrogen-bond acceptors (Lipinski definition) is 3. The topological polar surface area (TPSA) is 66.5 Å². The lowest BCUT2D eigenvalue weighted by Crippen LogP contribution is -2.38. The van der Waals surface area contributed by atoms with Gasteiger partial charge in [-0.25, -0.2) is 8.42 Å². The van der Waals surface area contributed by atoms with Crippen molar-refractivity contribution in [3.05, 3.63) is 64.7 Å². The van der Waals surface area contributed by atoms with Crippen molar-refractivity contribution in [2.45, 2.75) is 46.1 Å². The Morgan fingerprint density at radius 2 is 1.93 bits per heavy atom. The van der Waals surface area contributed by atoms with Gasteiger partial charge < -0.3 is 5.32 Å². The summed E-state index contributed by atoms with van der Waals surface area (Å²) < 4.78 is 26.2. The molecule has 3 rings (SSSR count). The Hall–Kier alpha value is -2.34. The lowest BCUT2D eigenvalue weighted by Gasteiger charge is -2.28. The highest BCUT2D eigenvalue weighted by Gasteiger charge is 2.26. The first-order valence-corrected chi connectivity index (χ1v) is 11.4. The van der Waals surface area contributed by atoms with Crippen molar-refractivity contribution in [1.29, 1.82) is 0 Å². The van der Waals surface area contributed by atoms with E-state index in [0.29, 0.717) is 24.2 Å². The average molecular weight is 401 g/mol. The predicted octanol–water partition coefficient (Wildman–Crippen LogP) is 4.11. The van der Waals surface area contributed by atoms with Crippen molar-refractivity contribution >= 4 is 21.6 Å². The molecule has 0 aliphatic carbocycles. The molecule has 1 amide bonds. The summed E-state index contributed by atoms with van der Waals surface area (Å²) in [5.41, 5.74) is 4.49. The molecule has 2 aromatic rings. The first-order valence-electron chi connectivity index (χ1n) is 9.80. The number of carbonyl (C=O) groups excluding carboxylic acids is 1. The van der Waals surface area contributed by atoms with Crippen LogP contribution in [0.25, 0.3) is 0 Å². The van der Waals surface area contributed by atoms with Gasteiger partial charge in [-0.15, -0.1) is 0 Å². The highest BCUT2D eigenvalue weighted by molar-refractivity contribution is 7.92. The Morgan fingerprint density at radius 3 is 2.61 bits per heavy atom. The van der Waals surface area contributed by atoms with E-state index in [1.807, 2.05) is 6.92 Å². The van der Waals surface area contributed by atoms with Crippen LogP contribution < -0.4 is 9.62 Å². The van der Waals surface area contributed by atoms with Crippen molar-refractivity contribution in [2.75, 3.05) is 16.6 Å². The highest BCUT2D eigenvalue weighted by Crippen LogP contribution is 2.26. The van der Waals surface area contributed by atoms with Gasteiger partial charge in [0.15, 0.2) is 0 Å². The quantitative estimate of drug-likeness (QED) is 0.821. The van der Waals surface area contributed by atoms with Gasteiger partial charge in [0, 0.05) is 12.1 Å². The summed E-state index contributed by atoms with van der Waals surface area (Å²) in [6.45, 7) is 6.62. The highest BCUT2D eigenvalue weighted by atomic mass is 32.2. The van der Waals surface area contributed by atoms with Crippen LogP contribution in [-0.2, 0) is 10.0 Å². The second-order valence-electron chi connectivity index (χ2n) is 7.44. The first kappa shape index (κ1) is 20.4. The Labute approximate surface area is 167 Å². The minimum Gasteiger partial charge on any atom is -0.345 e. The van der Waals surface area contributed by atoms with Crippen molar-refractivity contribution in [3.8, 4) is 0 Å². The number of amides is 1. The smallest absolute Gasteiger partial charge is 0.251 e. The normalized spacial score (nSPS) is 17.2. The van der Waals surface area contributed by atoms with E-state index in [1.54, 1.807) is 24.3 Å². The molecule has 150 valence electrons. The average Bonchev–Trinajstić information content (AvgIpc) is 2.66. The number of hydrogen-bond donors (Lipinski definition) is 1. The standard InChI is InChI=1S/C22H28N2O3S/c1-4-21(20-11-10-16(2)14-17(20)3)23-22(25)18-8-7-9-19(15-18)24-12-5-6-13-28(24,26)27/h7-11,14-15,21H,4-6,12-13H2,1-3H3,(H,23,25)/t21-/m1/s1. The van der Waals surface area contributed by atoms with Gasteiger partial charge in [0.1, 0.15) is 0 Å². The molecular weight excluding hydrogens is 372 g/mol. The number of sulfonamides is 1. The second kappa shape index (κ2) is 8.35. The van der Waals surface area contributed by atoms with Gasteiger partial charge >= 0.3 is 0 Å². The Morgan fingerprint density at radius 1 is 1.14 bits per heavy atom. The predicted molar refractivity (Wildman–Crippen MR) is 113 cm³/mol. The molecule has 28 heavy (non-hydrogen) atoms. The van der Waals surface area contributed by atoms with Gasteiger partial charge in [-0.3, -0.25) is 9.10 Å². The number of aryl methyl sites for hydroxylation is 2. The molecule has 2 aromatic carbocycles. The molecule has 1 aliphatic rings. The van der Waals surface area contributed by atoms with E-state index in [0.717, 1.165) is 24.0 Å². The third kappa shape index (κ3) is 4.38. The maximum atomic E-state index is 12.9. The molecule has 0 saturated carbocycles. The minimum absolute atomic E-state index is 0.0875. The van der Waals surface area contributed by atoms with E-state index >= 15 is 0 Å². The summed E-state index contributed by atoms with van der Waals surface area (Å²) in [7, 11) is -3.30. The Bertz CT molecular complexity index is 969. The molecule has 5 nitrogen and oxygen atoms in total. The molecular formula is C22H28N2O3S.